The third-order valence-corrected chi connectivity index (χ3v) is 4.51. The fraction of sp³-hybridized carbons (Fsp3) is 0.316. The molecular formula is C19H14F5N3O5. The topological polar surface area (TPSA) is 96.4 Å². The second-order valence-corrected chi connectivity index (χ2v) is 6.76. The molecule has 0 bridgehead atoms. The Morgan fingerprint density at radius 3 is 2.19 bits per heavy atom. The van der Waals surface area contributed by atoms with Crippen molar-refractivity contribution in [1.82, 2.24) is 9.80 Å². The van der Waals surface area contributed by atoms with E-state index in [1.165, 1.54) is 0 Å². The molecule has 0 unspecified atom stereocenters. The molecule has 0 spiro atoms. The highest BCUT2D eigenvalue weighted by Gasteiger charge is 2.45. The van der Waals surface area contributed by atoms with Gasteiger partial charge in [0.15, 0.2) is 17.4 Å². The molecule has 0 N–H and O–H groups in total. The number of hydrogen-bond acceptors (Lipinski definition) is 6. The number of halogens is 5. The summed E-state index contributed by atoms with van der Waals surface area (Å²) in [5.74, 6) is -8.17. The lowest BCUT2D eigenvalue weighted by Gasteiger charge is -2.13. The number of aliphatic imine (C=N–C) groups is 1. The fourth-order valence-corrected chi connectivity index (χ4v) is 3.02. The van der Waals surface area contributed by atoms with Crippen LogP contribution in [0.5, 0.6) is 5.75 Å². The standard InChI is InChI=1S/C19H14F5N3O5/c1-26-17(31)12(25-18(26)19(22,23)24)8-9-6-10(20)16(11(21)7-9)32-5-4-15(30)27-13(28)2-3-14(27)29/h6-8H,2-5H2,1H3. The van der Waals surface area contributed by atoms with Crippen molar-refractivity contribution in [3.63, 3.8) is 0 Å². The molecule has 0 saturated carbocycles. The number of likely N-dealkylation sites (tertiary alicyclic amines) is 1. The van der Waals surface area contributed by atoms with Crippen LogP contribution in [0.1, 0.15) is 24.8 Å². The van der Waals surface area contributed by atoms with Crippen LogP contribution >= 0.6 is 0 Å². The van der Waals surface area contributed by atoms with Crippen LogP contribution in [0.25, 0.3) is 6.08 Å². The van der Waals surface area contributed by atoms with Crippen molar-refractivity contribution in [2.45, 2.75) is 25.4 Å². The highest BCUT2D eigenvalue weighted by atomic mass is 19.4. The number of carbonyl (C=O) groups excluding carboxylic acids is 4. The van der Waals surface area contributed by atoms with Crippen molar-refractivity contribution < 1.29 is 45.9 Å². The van der Waals surface area contributed by atoms with Crippen molar-refractivity contribution in [3.8, 4) is 5.75 Å². The van der Waals surface area contributed by atoms with Gasteiger partial charge in [-0.25, -0.2) is 18.7 Å². The lowest BCUT2D eigenvalue weighted by Crippen LogP contribution is -2.37. The van der Waals surface area contributed by atoms with Gasteiger partial charge in [0.1, 0.15) is 5.70 Å². The molecule has 3 rings (SSSR count). The number of amides is 4. The first-order valence-corrected chi connectivity index (χ1v) is 9.06. The first kappa shape index (κ1) is 23.0. The number of alkyl halides is 3. The quantitative estimate of drug-likeness (QED) is 0.382. The third kappa shape index (κ3) is 4.50. The average molecular weight is 459 g/mol. The van der Waals surface area contributed by atoms with E-state index in [-0.39, 0.29) is 23.3 Å². The van der Waals surface area contributed by atoms with Crippen LogP contribution in [0.2, 0.25) is 0 Å². The summed E-state index contributed by atoms with van der Waals surface area (Å²) in [4.78, 5) is 50.7. The second kappa shape index (κ2) is 8.48. The van der Waals surface area contributed by atoms with Crippen molar-refractivity contribution in [1.29, 1.82) is 0 Å². The van der Waals surface area contributed by atoms with E-state index in [2.05, 4.69) is 4.99 Å². The average Bonchev–Trinajstić information content (AvgIpc) is 3.17. The number of carbonyl (C=O) groups is 4. The zero-order chi connectivity index (χ0) is 23.8. The van der Waals surface area contributed by atoms with Gasteiger partial charge in [0, 0.05) is 19.9 Å². The third-order valence-electron chi connectivity index (χ3n) is 4.51. The molecule has 0 aliphatic carbocycles. The van der Waals surface area contributed by atoms with Gasteiger partial charge in [-0.3, -0.25) is 24.1 Å². The van der Waals surface area contributed by atoms with Gasteiger partial charge in [-0.05, 0) is 23.8 Å². The van der Waals surface area contributed by atoms with E-state index in [4.69, 9.17) is 4.74 Å². The molecule has 1 saturated heterocycles. The molecule has 1 fully saturated rings. The Labute approximate surface area is 176 Å². The summed E-state index contributed by atoms with van der Waals surface area (Å²) in [6, 6.07) is 1.41. The molecule has 1 aromatic carbocycles. The van der Waals surface area contributed by atoms with Crippen LogP contribution in [0.3, 0.4) is 0 Å². The molecule has 0 radical (unpaired) electrons. The van der Waals surface area contributed by atoms with Gasteiger partial charge in [-0.2, -0.15) is 13.2 Å². The molecule has 4 amide bonds. The number of imide groups is 3. The smallest absolute Gasteiger partial charge is 0.449 e. The molecular weight excluding hydrogens is 445 g/mol. The predicted octanol–water partition coefficient (Wildman–Crippen LogP) is 2.18. The van der Waals surface area contributed by atoms with Gasteiger partial charge < -0.3 is 4.74 Å². The minimum Gasteiger partial charge on any atom is -0.487 e. The number of nitrogens with zero attached hydrogens (tertiary/aromatic N) is 3. The van der Waals surface area contributed by atoms with Gasteiger partial charge in [-0.1, -0.05) is 0 Å². The van der Waals surface area contributed by atoms with E-state index in [1.54, 1.807) is 0 Å². The van der Waals surface area contributed by atoms with E-state index < -0.39 is 71.7 Å². The molecule has 1 aromatic rings. The maximum absolute atomic E-state index is 14.3. The van der Waals surface area contributed by atoms with Gasteiger partial charge in [0.2, 0.25) is 23.6 Å². The van der Waals surface area contributed by atoms with Crippen LogP contribution in [0.4, 0.5) is 22.0 Å². The van der Waals surface area contributed by atoms with Crippen LogP contribution < -0.4 is 4.74 Å². The molecule has 0 atom stereocenters. The predicted molar refractivity (Wildman–Crippen MR) is 96.8 cm³/mol. The zero-order valence-electron chi connectivity index (χ0n) is 16.3. The summed E-state index contributed by atoms with van der Waals surface area (Å²) >= 11 is 0. The Kier molecular flexibility index (Phi) is 6.10. The molecule has 32 heavy (non-hydrogen) atoms. The van der Waals surface area contributed by atoms with Gasteiger partial charge in [-0.15, -0.1) is 0 Å². The monoisotopic (exact) mass is 459 g/mol. The highest BCUT2D eigenvalue weighted by molar-refractivity contribution is 6.16. The number of rotatable bonds is 5. The maximum Gasteiger partial charge on any atom is 0.449 e. The first-order valence-electron chi connectivity index (χ1n) is 9.06. The summed E-state index contributed by atoms with van der Waals surface area (Å²) in [6.07, 6.45) is -4.81. The largest absolute Gasteiger partial charge is 0.487 e. The minimum absolute atomic E-state index is 0.0988. The SMILES string of the molecule is CN1C(=O)C(=Cc2cc(F)c(OCCC(=O)N3C(=O)CCC3=O)c(F)c2)N=C1C(F)(F)F. The minimum atomic E-state index is -4.89. The summed E-state index contributed by atoms with van der Waals surface area (Å²) in [5.41, 5.74) is -0.960. The van der Waals surface area contributed by atoms with Crippen LogP contribution in [0.15, 0.2) is 22.8 Å². The number of amidine groups is 1. The Morgan fingerprint density at radius 1 is 1.12 bits per heavy atom. The lowest BCUT2D eigenvalue weighted by atomic mass is 10.1. The molecule has 2 aliphatic rings. The van der Waals surface area contributed by atoms with Crippen molar-refractivity contribution in [2.75, 3.05) is 13.7 Å². The summed E-state index contributed by atoms with van der Waals surface area (Å²) in [6.45, 7) is -0.549. The Hall–Kier alpha value is -3.64. The highest BCUT2D eigenvalue weighted by Crippen LogP contribution is 2.29. The fourth-order valence-electron chi connectivity index (χ4n) is 3.02. The lowest BCUT2D eigenvalue weighted by molar-refractivity contribution is -0.149. The van der Waals surface area contributed by atoms with E-state index in [1.807, 2.05) is 0 Å². The normalized spacial score (nSPS) is 18.1. The number of ether oxygens (including phenoxy) is 1. The Morgan fingerprint density at radius 2 is 1.69 bits per heavy atom. The van der Waals surface area contributed by atoms with E-state index in [9.17, 15) is 41.1 Å². The Bertz CT molecular complexity index is 1040. The van der Waals surface area contributed by atoms with Gasteiger partial charge in [0.05, 0.1) is 13.0 Å². The summed E-state index contributed by atoms with van der Waals surface area (Å²) in [7, 11) is 0.859. The molecule has 170 valence electrons. The van der Waals surface area contributed by atoms with Crippen molar-refractivity contribution >= 4 is 35.5 Å². The van der Waals surface area contributed by atoms with E-state index in [0.717, 1.165) is 13.1 Å². The van der Waals surface area contributed by atoms with Crippen molar-refractivity contribution in [3.05, 3.63) is 35.0 Å². The summed E-state index contributed by atoms with van der Waals surface area (Å²) in [5, 5.41) is 0. The zero-order valence-corrected chi connectivity index (χ0v) is 16.3. The van der Waals surface area contributed by atoms with E-state index in [0.29, 0.717) is 17.0 Å². The first-order chi connectivity index (χ1) is 14.9. The van der Waals surface area contributed by atoms with Crippen LogP contribution in [-0.4, -0.2) is 59.1 Å². The van der Waals surface area contributed by atoms with Gasteiger partial charge in [0.25, 0.3) is 5.91 Å². The Balaban J connectivity index is 1.72. The second-order valence-electron chi connectivity index (χ2n) is 6.76. The maximum atomic E-state index is 14.3. The van der Waals surface area contributed by atoms with Gasteiger partial charge >= 0.3 is 6.18 Å². The molecule has 0 aromatic heterocycles. The molecule has 2 aliphatic heterocycles. The molecule has 13 heteroatoms. The molecule has 2 heterocycles. The number of hydrogen-bond donors (Lipinski definition) is 0. The summed E-state index contributed by atoms with van der Waals surface area (Å²) < 4.78 is 72.0. The van der Waals surface area contributed by atoms with Crippen molar-refractivity contribution in [2.24, 2.45) is 4.99 Å². The number of likely N-dealkylation sites (N-methyl/N-ethyl adjacent to an activating group) is 1. The van der Waals surface area contributed by atoms with Crippen LogP contribution in [0, 0.1) is 11.6 Å². The van der Waals surface area contributed by atoms with Crippen LogP contribution in [-0.2, 0) is 19.2 Å². The number of benzene rings is 1. The molecule has 8 nitrogen and oxygen atoms in total. The van der Waals surface area contributed by atoms with E-state index >= 15 is 0 Å².